The Bertz CT molecular complexity index is 763. The van der Waals surface area contributed by atoms with E-state index in [9.17, 15) is 0 Å². The summed E-state index contributed by atoms with van der Waals surface area (Å²) in [4.78, 5) is 8.77. The number of benzene rings is 1. The molecular formula is C16H16N3-. The summed E-state index contributed by atoms with van der Waals surface area (Å²) in [6, 6.07) is 8.35. The van der Waals surface area contributed by atoms with Crippen molar-refractivity contribution in [2.45, 2.75) is 26.7 Å². The van der Waals surface area contributed by atoms with Gasteiger partial charge in [0.2, 0.25) is 0 Å². The molecule has 0 amide bonds. The third-order valence-corrected chi connectivity index (χ3v) is 3.38. The van der Waals surface area contributed by atoms with Crippen molar-refractivity contribution in [1.82, 2.24) is 9.97 Å². The van der Waals surface area contributed by atoms with Crippen LogP contribution in [-0.4, -0.2) is 9.97 Å². The van der Waals surface area contributed by atoms with Crippen molar-refractivity contribution in [2.75, 3.05) is 0 Å². The van der Waals surface area contributed by atoms with Gasteiger partial charge in [0.1, 0.15) is 0 Å². The topological polar surface area (TPSA) is 49.6 Å². The molecule has 19 heavy (non-hydrogen) atoms. The van der Waals surface area contributed by atoms with Gasteiger partial charge in [-0.1, -0.05) is 37.1 Å². The fourth-order valence-electron chi connectivity index (χ4n) is 2.46. The van der Waals surface area contributed by atoms with Crippen LogP contribution in [0, 0.1) is 6.92 Å². The van der Waals surface area contributed by atoms with E-state index in [0.29, 0.717) is 5.52 Å². The minimum absolute atomic E-state index is 0.260. The Morgan fingerprint density at radius 2 is 2.00 bits per heavy atom. The first-order chi connectivity index (χ1) is 9.19. The number of aromatic nitrogens is 2. The van der Waals surface area contributed by atoms with Crippen molar-refractivity contribution in [3.05, 3.63) is 47.3 Å². The maximum absolute atomic E-state index is 8.02. The zero-order chi connectivity index (χ0) is 13.4. The third kappa shape index (κ3) is 2.01. The van der Waals surface area contributed by atoms with Crippen LogP contribution in [0.25, 0.3) is 27.5 Å². The number of rotatable bonds is 2. The van der Waals surface area contributed by atoms with E-state index >= 15 is 0 Å². The lowest BCUT2D eigenvalue weighted by Gasteiger charge is -2.14. The molecule has 2 aromatic heterocycles. The molecule has 0 aliphatic heterocycles. The fraction of sp³-hybridized carbons (Fsp3) is 0.250. The van der Waals surface area contributed by atoms with Crippen molar-refractivity contribution < 1.29 is 0 Å². The van der Waals surface area contributed by atoms with Crippen molar-refractivity contribution >= 4 is 27.6 Å². The quantitative estimate of drug-likeness (QED) is 0.617. The summed E-state index contributed by atoms with van der Waals surface area (Å²) in [6.45, 7) is 4.20. The molecule has 0 atom stereocenters. The highest BCUT2D eigenvalue weighted by Gasteiger charge is 2.03. The molecule has 0 saturated carbocycles. The van der Waals surface area contributed by atoms with E-state index in [-0.39, 0.29) is 5.82 Å². The summed E-state index contributed by atoms with van der Waals surface area (Å²) in [5.41, 5.74) is 12.0. The first-order valence-electron chi connectivity index (χ1n) is 6.59. The molecule has 1 aromatic carbocycles. The van der Waals surface area contributed by atoms with Gasteiger partial charge in [-0.3, -0.25) is 4.98 Å². The number of nitrogens with zero attached hydrogens (tertiary/aromatic N) is 2. The van der Waals surface area contributed by atoms with Crippen LogP contribution in [0.4, 0.5) is 5.82 Å². The summed E-state index contributed by atoms with van der Waals surface area (Å²) < 4.78 is 0. The molecule has 1 N–H and O–H groups in total. The molecule has 0 fully saturated rings. The van der Waals surface area contributed by atoms with Gasteiger partial charge >= 0.3 is 0 Å². The number of aryl methyl sites for hydroxylation is 2. The average molecular weight is 250 g/mol. The molecule has 3 nitrogen and oxygen atoms in total. The van der Waals surface area contributed by atoms with E-state index in [1.807, 2.05) is 19.2 Å². The number of fused-ring (bicyclic) bond motifs is 3. The van der Waals surface area contributed by atoms with Crippen LogP contribution >= 0.6 is 0 Å². The number of hydrogen-bond acceptors (Lipinski definition) is 2. The predicted octanol–water partition coefficient (Wildman–Crippen LogP) is 4.73. The predicted molar refractivity (Wildman–Crippen MR) is 79.8 cm³/mol. The summed E-state index contributed by atoms with van der Waals surface area (Å²) >= 11 is 0. The number of hydrogen-bond donors (Lipinski definition) is 0. The summed E-state index contributed by atoms with van der Waals surface area (Å²) in [7, 11) is 0. The van der Waals surface area contributed by atoms with Gasteiger partial charge in [-0.25, -0.2) is 0 Å². The van der Waals surface area contributed by atoms with Crippen LogP contribution in [0.5, 0.6) is 0 Å². The first kappa shape index (κ1) is 11.9. The Morgan fingerprint density at radius 1 is 1.16 bits per heavy atom. The Hall–Kier alpha value is -2.16. The van der Waals surface area contributed by atoms with Gasteiger partial charge in [0, 0.05) is 11.6 Å². The second-order valence-electron chi connectivity index (χ2n) is 4.97. The zero-order valence-corrected chi connectivity index (χ0v) is 11.2. The molecule has 0 unspecified atom stereocenters. The Balaban J connectivity index is 2.39. The van der Waals surface area contributed by atoms with Gasteiger partial charge < -0.3 is 10.7 Å². The molecule has 3 rings (SSSR count). The minimum atomic E-state index is 0.260. The van der Waals surface area contributed by atoms with Crippen LogP contribution in [0.15, 0.2) is 30.5 Å². The van der Waals surface area contributed by atoms with Crippen molar-refractivity contribution in [2.24, 2.45) is 0 Å². The maximum Gasteiger partial charge on any atom is 0.0694 e. The highest BCUT2D eigenvalue weighted by Crippen LogP contribution is 2.30. The van der Waals surface area contributed by atoms with Gasteiger partial charge in [0.05, 0.1) is 5.52 Å². The summed E-state index contributed by atoms with van der Waals surface area (Å²) in [5.74, 6) is 0.260. The second-order valence-corrected chi connectivity index (χ2v) is 4.97. The van der Waals surface area contributed by atoms with Crippen LogP contribution in [-0.2, 0) is 6.42 Å². The fourth-order valence-corrected chi connectivity index (χ4v) is 2.46. The zero-order valence-electron chi connectivity index (χ0n) is 11.2. The summed E-state index contributed by atoms with van der Waals surface area (Å²) in [5, 5.41) is 2.13. The van der Waals surface area contributed by atoms with Crippen LogP contribution in [0.3, 0.4) is 0 Å². The van der Waals surface area contributed by atoms with Crippen molar-refractivity contribution in [3.8, 4) is 0 Å². The Kier molecular flexibility index (Phi) is 2.82. The van der Waals surface area contributed by atoms with Crippen LogP contribution in [0.1, 0.15) is 24.5 Å². The van der Waals surface area contributed by atoms with Crippen molar-refractivity contribution in [1.29, 1.82) is 0 Å². The SMILES string of the molecule is CCCc1cnc2c([NH-])nc3cc(C)ccc3c2c1. The average Bonchev–Trinajstić information content (AvgIpc) is 2.38. The number of nitrogens with one attached hydrogen (secondary N) is 1. The summed E-state index contributed by atoms with van der Waals surface area (Å²) in [6.07, 6.45) is 3.99. The molecule has 0 bridgehead atoms. The molecule has 0 radical (unpaired) electrons. The van der Waals surface area contributed by atoms with E-state index in [1.54, 1.807) is 0 Å². The molecule has 0 aliphatic carbocycles. The van der Waals surface area contributed by atoms with Crippen LogP contribution in [0.2, 0.25) is 0 Å². The molecule has 2 heterocycles. The standard InChI is InChI=1S/C16H16N3/c1-3-4-11-8-13-12-6-5-10(2)7-14(12)19-16(17)15(13)18-9-11/h5-9H,3-4H2,1-2H3,(H-,17,19)/q-1. The lowest BCUT2D eigenvalue weighted by molar-refractivity contribution is 0.917. The maximum atomic E-state index is 8.02. The van der Waals surface area contributed by atoms with Gasteiger partial charge in [-0.15, -0.1) is 0 Å². The monoisotopic (exact) mass is 250 g/mol. The van der Waals surface area contributed by atoms with E-state index in [0.717, 1.165) is 34.7 Å². The van der Waals surface area contributed by atoms with Gasteiger partial charge in [-0.05, 0) is 41.7 Å². The molecule has 96 valence electrons. The highest BCUT2D eigenvalue weighted by molar-refractivity contribution is 6.08. The molecular weight excluding hydrogens is 234 g/mol. The van der Waals surface area contributed by atoms with E-state index in [1.165, 1.54) is 5.56 Å². The Morgan fingerprint density at radius 3 is 2.79 bits per heavy atom. The second kappa shape index (κ2) is 4.50. The lowest BCUT2D eigenvalue weighted by atomic mass is 10.0. The van der Waals surface area contributed by atoms with Crippen LogP contribution < -0.4 is 0 Å². The molecule has 3 heteroatoms. The molecule has 0 aliphatic rings. The van der Waals surface area contributed by atoms with Gasteiger partial charge in [0.25, 0.3) is 0 Å². The van der Waals surface area contributed by atoms with Gasteiger partial charge in [0.15, 0.2) is 0 Å². The first-order valence-corrected chi connectivity index (χ1v) is 6.59. The van der Waals surface area contributed by atoms with E-state index in [4.69, 9.17) is 5.73 Å². The normalized spacial score (nSPS) is 11.3. The molecule has 0 saturated heterocycles. The third-order valence-electron chi connectivity index (χ3n) is 3.38. The van der Waals surface area contributed by atoms with Gasteiger partial charge in [-0.2, -0.15) is 0 Å². The highest BCUT2D eigenvalue weighted by atomic mass is 14.9. The van der Waals surface area contributed by atoms with E-state index < -0.39 is 0 Å². The molecule has 0 spiro atoms. The largest absolute Gasteiger partial charge is 0.480 e. The van der Waals surface area contributed by atoms with Crippen molar-refractivity contribution in [3.63, 3.8) is 0 Å². The lowest BCUT2D eigenvalue weighted by Crippen LogP contribution is -1.90. The van der Waals surface area contributed by atoms with E-state index in [2.05, 4.69) is 35.1 Å². The minimum Gasteiger partial charge on any atom is -0.480 e. The number of pyridine rings is 2. The smallest absolute Gasteiger partial charge is 0.0694 e. The molecule has 3 aromatic rings. The Labute approximate surface area is 112 Å².